The normalized spacial score (nSPS) is 11.0. The fourth-order valence-corrected chi connectivity index (χ4v) is 7.63. The van der Waals surface area contributed by atoms with Gasteiger partial charge in [-0.25, -0.2) is 4.98 Å². The van der Waals surface area contributed by atoms with Crippen LogP contribution < -0.4 is 0 Å². The van der Waals surface area contributed by atoms with Crippen molar-refractivity contribution < 1.29 is 0 Å². The number of hydrogen-bond acceptors (Lipinski definition) is 8. The van der Waals surface area contributed by atoms with Crippen molar-refractivity contribution >= 4 is 102 Å². The Labute approximate surface area is 180 Å². The summed E-state index contributed by atoms with van der Waals surface area (Å²) in [5.41, 5.74) is 0.241. The summed E-state index contributed by atoms with van der Waals surface area (Å²) in [5.74, 6) is 0. The smallest absolute Gasteiger partial charge is 0.149 e. The monoisotopic (exact) mass is 472 g/mol. The number of aromatic nitrogens is 1. The number of nitriles is 1. The molecule has 0 aliphatic carbocycles. The molecule has 0 fully saturated rings. The molecule has 0 N–H and O–H groups in total. The predicted molar refractivity (Wildman–Crippen MR) is 121 cm³/mol. The molecule has 1 heterocycles. The Balaban J connectivity index is 3.19. The maximum Gasteiger partial charge on any atom is 0.149 e. The first-order chi connectivity index (χ1) is 11.1. The van der Waals surface area contributed by atoms with Crippen LogP contribution >= 0.6 is 94.7 Å². The number of hydrogen-bond donors (Lipinski definition) is 0. The van der Waals surface area contributed by atoms with E-state index in [-0.39, 0.29) is 10.7 Å². The lowest BCUT2D eigenvalue weighted by Gasteiger charge is -2.13. The van der Waals surface area contributed by atoms with E-state index in [1.165, 1.54) is 35.3 Å². The zero-order chi connectivity index (χ0) is 18.4. The second kappa shape index (κ2) is 10.8. The average molecular weight is 474 g/mol. The van der Waals surface area contributed by atoms with Crippen LogP contribution in [0.1, 0.15) is 33.3 Å². The van der Waals surface area contributed by atoms with E-state index in [1.54, 1.807) is 11.8 Å². The molecular weight excluding hydrogens is 459 g/mol. The summed E-state index contributed by atoms with van der Waals surface area (Å²) in [6, 6.07) is 2.06. The predicted octanol–water partition coefficient (Wildman–Crippen LogP) is 7.30. The number of pyridine rings is 1. The maximum absolute atomic E-state index is 9.38. The lowest BCUT2D eigenvalue weighted by Crippen LogP contribution is -1.98. The highest BCUT2D eigenvalue weighted by Crippen LogP contribution is 2.43. The summed E-state index contributed by atoms with van der Waals surface area (Å²) in [6.45, 7) is 8.21. The minimum Gasteiger partial charge on any atom is -0.226 e. The van der Waals surface area contributed by atoms with Gasteiger partial charge in [-0.3, -0.25) is 0 Å². The van der Waals surface area contributed by atoms with Crippen molar-refractivity contribution in [2.24, 2.45) is 0 Å². The Morgan fingerprint density at radius 3 is 2.00 bits per heavy atom. The molecule has 0 saturated carbocycles. The molecule has 0 amide bonds. The molecule has 0 saturated heterocycles. The molecule has 0 bridgehead atoms. The number of halogens is 2. The van der Waals surface area contributed by atoms with Gasteiger partial charge in [-0.15, -0.1) is 23.5 Å². The largest absolute Gasteiger partial charge is 0.226 e. The van der Waals surface area contributed by atoms with Crippen LogP contribution in [0, 0.1) is 11.3 Å². The van der Waals surface area contributed by atoms with Crippen LogP contribution in [0.4, 0.5) is 0 Å². The van der Waals surface area contributed by atoms with Crippen LogP contribution in [-0.4, -0.2) is 22.5 Å². The molecule has 10 heteroatoms. The van der Waals surface area contributed by atoms with E-state index in [4.69, 9.17) is 47.6 Å². The lowest BCUT2D eigenvalue weighted by molar-refractivity contribution is 1.08. The van der Waals surface area contributed by atoms with Crippen LogP contribution in [-0.2, 0) is 0 Å². The Bertz CT molecular complexity index is 685. The Morgan fingerprint density at radius 1 is 1.04 bits per heavy atom. The lowest BCUT2D eigenvalue weighted by atomic mass is 10.3. The van der Waals surface area contributed by atoms with E-state index in [9.17, 15) is 5.26 Å². The summed E-state index contributed by atoms with van der Waals surface area (Å²) < 4.78 is 1.39. The van der Waals surface area contributed by atoms with Crippen molar-refractivity contribution in [2.75, 3.05) is 0 Å². The SMILES string of the molecule is CC(C)SC(=S)Sc1nc(Cl)c(C#N)c(SC(=S)SC(C)C)c1Cl. The van der Waals surface area contributed by atoms with Gasteiger partial charge in [0.25, 0.3) is 0 Å². The van der Waals surface area contributed by atoms with E-state index in [2.05, 4.69) is 24.9 Å². The maximum atomic E-state index is 9.38. The van der Waals surface area contributed by atoms with E-state index >= 15 is 0 Å². The molecule has 0 unspecified atom stereocenters. The van der Waals surface area contributed by atoms with Gasteiger partial charge in [-0.1, -0.05) is 87.1 Å². The fraction of sp³-hybridized carbons (Fsp3) is 0.429. The van der Waals surface area contributed by atoms with Crippen molar-refractivity contribution in [2.45, 2.75) is 48.1 Å². The minimum absolute atomic E-state index is 0.113. The van der Waals surface area contributed by atoms with Gasteiger partial charge >= 0.3 is 0 Å². The van der Waals surface area contributed by atoms with Crippen LogP contribution in [0.2, 0.25) is 10.2 Å². The number of thioether (sulfide) groups is 4. The van der Waals surface area contributed by atoms with Gasteiger partial charge < -0.3 is 0 Å². The highest BCUT2D eigenvalue weighted by molar-refractivity contribution is 8.48. The summed E-state index contributed by atoms with van der Waals surface area (Å²) >= 11 is 29.0. The van der Waals surface area contributed by atoms with Crippen molar-refractivity contribution in [3.05, 3.63) is 15.7 Å². The molecule has 0 atom stereocenters. The zero-order valence-corrected chi connectivity index (χ0v) is 19.7. The third-order valence-corrected chi connectivity index (χ3v) is 7.94. The Morgan fingerprint density at radius 2 is 1.54 bits per heavy atom. The first kappa shape index (κ1) is 22.8. The Kier molecular flexibility index (Phi) is 10.3. The van der Waals surface area contributed by atoms with Gasteiger partial charge in [0.2, 0.25) is 0 Å². The van der Waals surface area contributed by atoms with Gasteiger partial charge in [0.15, 0.2) is 0 Å². The molecule has 0 aliphatic heterocycles. The van der Waals surface area contributed by atoms with Gasteiger partial charge in [0.05, 0.1) is 9.92 Å². The summed E-state index contributed by atoms with van der Waals surface area (Å²) in [6.07, 6.45) is 0. The summed E-state index contributed by atoms with van der Waals surface area (Å²) in [4.78, 5) is 4.77. The zero-order valence-electron chi connectivity index (χ0n) is 13.3. The second-order valence-electron chi connectivity index (χ2n) is 4.88. The van der Waals surface area contributed by atoms with Crippen molar-refractivity contribution in [3.63, 3.8) is 0 Å². The van der Waals surface area contributed by atoms with Gasteiger partial charge in [-0.05, 0) is 11.8 Å². The summed E-state index contributed by atoms with van der Waals surface area (Å²) in [5, 5.41) is 11.1. The first-order valence-electron chi connectivity index (χ1n) is 6.71. The van der Waals surface area contributed by atoms with Gasteiger partial charge in [0, 0.05) is 10.5 Å². The van der Waals surface area contributed by atoms with E-state index in [0.29, 0.717) is 32.5 Å². The molecule has 0 aliphatic rings. The average Bonchev–Trinajstić information content (AvgIpc) is 2.42. The Hall–Kier alpha value is 0.800. The van der Waals surface area contributed by atoms with E-state index in [1.807, 2.05) is 13.8 Å². The highest BCUT2D eigenvalue weighted by Gasteiger charge is 2.21. The van der Waals surface area contributed by atoms with Crippen LogP contribution in [0.15, 0.2) is 9.92 Å². The fourth-order valence-electron chi connectivity index (χ4n) is 1.35. The molecule has 1 aromatic rings. The third kappa shape index (κ3) is 7.20. The van der Waals surface area contributed by atoms with Crippen molar-refractivity contribution in [1.82, 2.24) is 4.98 Å². The molecule has 0 radical (unpaired) electrons. The van der Waals surface area contributed by atoms with Gasteiger partial charge in [0.1, 0.15) is 28.9 Å². The molecule has 130 valence electrons. The molecule has 0 spiro atoms. The second-order valence-corrected chi connectivity index (χ2v) is 13.2. The molecule has 1 aromatic heterocycles. The van der Waals surface area contributed by atoms with E-state index < -0.39 is 0 Å². The minimum atomic E-state index is 0.113. The highest BCUT2D eigenvalue weighted by atomic mass is 35.5. The molecule has 0 aromatic carbocycles. The first-order valence-corrected chi connectivity index (χ1v) is 11.7. The molecule has 24 heavy (non-hydrogen) atoms. The number of nitrogens with zero attached hydrogens (tertiary/aromatic N) is 2. The topological polar surface area (TPSA) is 36.7 Å². The van der Waals surface area contributed by atoms with Crippen molar-refractivity contribution in [1.29, 1.82) is 5.26 Å². The van der Waals surface area contributed by atoms with Gasteiger partial charge in [-0.2, -0.15) is 5.26 Å². The third-order valence-electron chi connectivity index (χ3n) is 2.16. The van der Waals surface area contributed by atoms with Crippen LogP contribution in [0.5, 0.6) is 0 Å². The molecule has 1 rings (SSSR count). The van der Waals surface area contributed by atoms with E-state index in [0.717, 1.165) is 0 Å². The van der Waals surface area contributed by atoms with Crippen LogP contribution in [0.3, 0.4) is 0 Å². The molecular formula is C14H14Cl2N2S6. The standard InChI is InChI=1S/C14H14Cl2N2S6/c1-6(2)21-13(19)23-10-8(5-17)11(16)18-12(9(10)15)24-14(20)22-7(3)4/h6-7H,1-4H3. The summed E-state index contributed by atoms with van der Waals surface area (Å²) in [7, 11) is 0. The van der Waals surface area contributed by atoms with Crippen molar-refractivity contribution in [3.8, 4) is 6.07 Å². The number of thiocarbonyl (C=S) groups is 2. The molecule has 2 nitrogen and oxygen atoms in total. The van der Waals surface area contributed by atoms with Crippen LogP contribution in [0.25, 0.3) is 0 Å². The quantitative estimate of drug-likeness (QED) is 0.256. The number of rotatable bonds is 4.